The summed E-state index contributed by atoms with van der Waals surface area (Å²) in [6.45, 7) is 4.32. The zero-order valence-corrected chi connectivity index (χ0v) is 10.6. The molecule has 2 heterocycles. The van der Waals surface area contributed by atoms with Gasteiger partial charge in [-0.1, -0.05) is 11.6 Å². The summed E-state index contributed by atoms with van der Waals surface area (Å²) in [6, 6.07) is 1.82. The molecule has 0 saturated carbocycles. The zero-order valence-electron chi connectivity index (χ0n) is 9.86. The SMILES string of the molecule is NCc1ccnc(OCCN2CCCC2)c1Cl. The van der Waals surface area contributed by atoms with Crippen LogP contribution in [0, 0.1) is 0 Å². The molecule has 17 heavy (non-hydrogen) atoms. The number of likely N-dealkylation sites (tertiary alicyclic amines) is 1. The van der Waals surface area contributed by atoms with Crippen LogP contribution in [0.5, 0.6) is 5.88 Å². The molecule has 94 valence electrons. The van der Waals surface area contributed by atoms with Gasteiger partial charge in [-0.25, -0.2) is 4.98 Å². The Labute approximate surface area is 107 Å². The van der Waals surface area contributed by atoms with Gasteiger partial charge in [-0.05, 0) is 37.6 Å². The maximum atomic E-state index is 6.12. The highest BCUT2D eigenvalue weighted by Gasteiger charge is 2.12. The molecule has 0 aliphatic carbocycles. The number of ether oxygens (including phenoxy) is 1. The summed E-state index contributed by atoms with van der Waals surface area (Å²) in [6.07, 6.45) is 4.27. The Balaban J connectivity index is 1.85. The average molecular weight is 256 g/mol. The highest BCUT2D eigenvalue weighted by atomic mass is 35.5. The van der Waals surface area contributed by atoms with Gasteiger partial charge < -0.3 is 10.5 Å². The molecule has 0 amide bonds. The van der Waals surface area contributed by atoms with E-state index >= 15 is 0 Å². The van der Waals surface area contributed by atoms with E-state index in [9.17, 15) is 0 Å². The Bertz CT molecular complexity index is 367. The van der Waals surface area contributed by atoms with Gasteiger partial charge in [0.15, 0.2) is 0 Å². The van der Waals surface area contributed by atoms with Crippen LogP contribution in [0.15, 0.2) is 12.3 Å². The highest BCUT2D eigenvalue weighted by Crippen LogP contribution is 2.25. The minimum absolute atomic E-state index is 0.407. The van der Waals surface area contributed by atoms with Crippen molar-refractivity contribution in [1.29, 1.82) is 0 Å². The van der Waals surface area contributed by atoms with Gasteiger partial charge in [-0.3, -0.25) is 4.90 Å². The molecule has 2 rings (SSSR count). The van der Waals surface area contributed by atoms with Crippen molar-refractivity contribution in [3.63, 3.8) is 0 Å². The predicted molar refractivity (Wildman–Crippen MR) is 68.3 cm³/mol. The second-order valence-electron chi connectivity index (χ2n) is 4.19. The number of halogens is 1. The second kappa shape index (κ2) is 6.19. The number of hydrogen-bond acceptors (Lipinski definition) is 4. The summed E-state index contributed by atoms with van der Waals surface area (Å²) < 4.78 is 5.60. The zero-order chi connectivity index (χ0) is 12.1. The molecule has 0 radical (unpaired) electrons. The number of pyridine rings is 1. The van der Waals surface area contributed by atoms with Crippen molar-refractivity contribution in [1.82, 2.24) is 9.88 Å². The van der Waals surface area contributed by atoms with E-state index in [1.165, 1.54) is 25.9 Å². The maximum Gasteiger partial charge on any atom is 0.232 e. The molecule has 0 spiro atoms. The van der Waals surface area contributed by atoms with Gasteiger partial charge in [-0.2, -0.15) is 0 Å². The van der Waals surface area contributed by atoms with Crippen LogP contribution in [0.3, 0.4) is 0 Å². The number of rotatable bonds is 5. The van der Waals surface area contributed by atoms with E-state index in [2.05, 4.69) is 9.88 Å². The fraction of sp³-hybridized carbons (Fsp3) is 0.583. The Kier molecular flexibility index (Phi) is 4.59. The van der Waals surface area contributed by atoms with E-state index in [4.69, 9.17) is 22.1 Å². The standard InChI is InChI=1S/C12H18ClN3O/c13-11-10(9-14)3-4-15-12(11)17-8-7-16-5-1-2-6-16/h3-4H,1-2,5-9,14H2. The quantitative estimate of drug-likeness (QED) is 0.870. The van der Waals surface area contributed by atoms with Gasteiger partial charge in [-0.15, -0.1) is 0 Å². The summed E-state index contributed by atoms with van der Waals surface area (Å²) in [5.74, 6) is 0.494. The number of hydrogen-bond donors (Lipinski definition) is 1. The Hall–Kier alpha value is -0.840. The van der Waals surface area contributed by atoms with Crippen LogP contribution in [0.4, 0.5) is 0 Å². The monoisotopic (exact) mass is 255 g/mol. The van der Waals surface area contributed by atoms with E-state index in [0.29, 0.717) is 24.1 Å². The van der Waals surface area contributed by atoms with Crippen molar-refractivity contribution < 1.29 is 4.74 Å². The molecular weight excluding hydrogens is 238 g/mol. The number of nitrogens with two attached hydrogens (primary N) is 1. The lowest BCUT2D eigenvalue weighted by Gasteiger charge is -2.15. The van der Waals surface area contributed by atoms with Crippen LogP contribution in [0.1, 0.15) is 18.4 Å². The van der Waals surface area contributed by atoms with E-state index in [-0.39, 0.29) is 0 Å². The minimum atomic E-state index is 0.407. The third kappa shape index (κ3) is 3.31. The molecule has 0 bridgehead atoms. The fourth-order valence-electron chi connectivity index (χ4n) is 2.00. The lowest BCUT2D eigenvalue weighted by atomic mass is 10.3. The summed E-state index contributed by atoms with van der Waals surface area (Å²) in [7, 11) is 0. The molecule has 1 aromatic rings. The van der Waals surface area contributed by atoms with E-state index in [1.807, 2.05) is 6.07 Å². The first-order chi connectivity index (χ1) is 8.31. The molecule has 1 aliphatic heterocycles. The Morgan fingerprint density at radius 2 is 2.18 bits per heavy atom. The van der Waals surface area contributed by atoms with Crippen molar-refractivity contribution in [3.05, 3.63) is 22.8 Å². The first-order valence-corrected chi connectivity index (χ1v) is 6.37. The van der Waals surface area contributed by atoms with Gasteiger partial charge >= 0.3 is 0 Å². The van der Waals surface area contributed by atoms with Crippen molar-refractivity contribution in [3.8, 4) is 5.88 Å². The fourth-order valence-corrected chi connectivity index (χ4v) is 2.24. The predicted octanol–water partition coefficient (Wildman–Crippen LogP) is 1.67. The topological polar surface area (TPSA) is 51.4 Å². The van der Waals surface area contributed by atoms with Crippen LogP contribution in [0.2, 0.25) is 5.02 Å². The molecule has 0 unspecified atom stereocenters. The van der Waals surface area contributed by atoms with Gasteiger partial charge in [0.1, 0.15) is 11.6 Å². The van der Waals surface area contributed by atoms with E-state index in [1.54, 1.807) is 6.20 Å². The van der Waals surface area contributed by atoms with Gasteiger partial charge in [0.05, 0.1) is 0 Å². The van der Waals surface area contributed by atoms with Crippen LogP contribution >= 0.6 is 11.6 Å². The molecular formula is C12H18ClN3O. The smallest absolute Gasteiger partial charge is 0.232 e. The largest absolute Gasteiger partial charge is 0.475 e. The summed E-state index contributed by atoms with van der Waals surface area (Å²) in [5, 5.41) is 0.538. The van der Waals surface area contributed by atoms with Gasteiger partial charge in [0, 0.05) is 19.3 Å². The molecule has 1 aliphatic rings. The molecule has 4 nitrogen and oxygen atoms in total. The molecule has 1 aromatic heterocycles. The summed E-state index contributed by atoms with van der Waals surface area (Å²) in [5.41, 5.74) is 6.44. The van der Waals surface area contributed by atoms with Crippen LogP contribution in [-0.2, 0) is 6.54 Å². The third-order valence-corrected chi connectivity index (χ3v) is 3.41. The molecule has 5 heteroatoms. The van der Waals surface area contributed by atoms with E-state index < -0.39 is 0 Å². The molecule has 0 atom stereocenters. The maximum absolute atomic E-state index is 6.12. The number of aromatic nitrogens is 1. The normalized spacial score (nSPS) is 16.4. The van der Waals surface area contributed by atoms with Crippen molar-refractivity contribution in [2.24, 2.45) is 5.73 Å². The lowest BCUT2D eigenvalue weighted by Crippen LogP contribution is -2.25. The second-order valence-corrected chi connectivity index (χ2v) is 4.57. The van der Waals surface area contributed by atoms with Crippen LogP contribution < -0.4 is 10.5 Å². The summed E-state index contributed by atoms with van der Waals surface area (Å²) >= 11 is 6.12. The average Bonchev–Trinajstić information content (AvgIpc) is 2.84. The van der Waals surface area contributed by atoms with Gasteiger partial charge in [0.2, 0.25) is 5.88 Å². The van der Waals surface area contributed by atoms with Gasteiger partial charge in [0.25, 0.3) is 0 Å². The lowest BCUT2D eigenvalue weighted by molar-refractivity contribution is 0.232. The molecule has 2 N–H and O–H groups in total. The summed E-state index contributed by atoms with van der Waals surface area (Å²) in [4.78, 5) is 6.51. The molecule has 0 aromatic carbocycles. The van der Waals surface area contributed by atoms with E-state index in [0.717, 1.165) is 12.1 Å². The Morgan fingerprint density at radius 1 is 1.41 bits per heavy atom. The number of nitrogens with zero attached hydrogens (tertiary/aromatic N) is 2. The molecule has 1 saturated heterocycles. The van der Waals surface area contributed by atoms with Crippen LogP contribution in [0.25, 0.3) is 0 Å². The highest BCUT2D eigenvalue weighted by molar-refractivity contribution is 6.32. The van der Waals surface area contributed by atoms with Crippen molar-refractivity contribution in [2.45, 2.75) is 19.4 Å². The molecule has 1 fully saturated rings. The minimum Gasteiger partial charge on any atom is -0.475 e. The van der Waals surface area contributed by atoms with Crippen LogP contribution in [-0.4, -0.2) is 36.1 Å². The van der Waals surface area contributed by atoms with Crippen molar-refractivity contribution in [2.75, 3.05) is 26.2 Å². The van der Waals surface area contributed by atoms with Crippen molar-refractivity contribution >= 4 is 11.6 Å². The first-order valence-electron chi connectivity index (χ1n) is 6.00. The first kappa shape index (κ1) is 12.6. The third-order valence-electron chi connectivity index (χ3n) is 3.00. The Morgan fingerprint density at radius 3 is 2.88 bits per heavy atom.